The van der Waals surface area contributed by atoms with Crippen molar-refractivity contribution in [2.75, 3.05) is 0 Å². The maximum absolute atomic E-state index is 7.05. The minimum absolute atomic E-state index is 0.463. The van der Waals surface area contributed by atoms with E-state index in [2.05, 4.69) is 231 Å². The molecule has 0 radical (unpaired) electrons. The minimum Gasteiger partial charge on any atom is -0.456 e. The quantitative estimate of drug-likeness (QED) is 0.173. The van der Waals surface area contributed by atoms with Gasteiger partial charge in [0.15, 0.2) is 0 Å². The molecule has 0 saturated heterocycles. The van der Waals surface area contributed by atoms with Crippen molar-refractivity contribution in [3.05, 3.63) is 275 Å². The van der Waals surface area contributed by atoms with Gasteiger partial charge in [0.1, 0.15) is 11.5 Å². The van der Waals surface area contributed by atoms with Gasteiger partial charge >= 0.3 is 0 Å². The van der Waals surface area contributed by atoms with Crippen LogP contribution in [-0.4, -0.2) is 0 Å². The second-order valence-electron chi connectivity index (χ2n) is 16.7. The Kier molecular flexibility index (Phi) is 7.21. The Labute approximate surface area is 355 Å². The van der Waals surface area contributed by atoms with E-state index >= 15 is 0 Å². The molecule has 61 heavy (non-hydrogen) atoms. The van der Waals surface area contributed by atoms with Crippen LogP contribution in [0.1, 0.15) is 44.5 Å². The van der Waals surface area contributed by atoms with Crippen LogP contribution < -0.4 is 4.74 Å². The zero-order chi connectivity index (χ0) is 40.1. The minimum atomic E-state index is -0.555. The number of fused-ring (bicyclic) bond motifs is 14. The molecule has 3 aliphatic rings. The molecule has 1 heterocycles. The van der Waals surface area contributed by atoms with Gasteiger partial charge in [-0.2, -0.15) is 0 Å². The monoisotopic (exact) mass is 774 g/mol. The summed E-state index contributed by atoms with van der Waals surface area (Å²) in [7, 11) is 0. The fourth-order valence-corrected chi connectivity index (χ4v) is 11.4. The van der Waals surface area contributed by atoms with E-state index < -0.39 is 10.8 Å². The van der Waals surface area contributed by atoms with Crippen molar-refractivity contribution < 1.29 is 4.74 Å². The summed E-state index contributed by atoms with van der Waals surface area (Å²) in [5, 5.41) is 2.28. The molecule has 0 saturated carbocycles. The fourth-order valence-electron chi connectivity index (χ4n) is 11.4. The van der Waals surface area contributed by atoms with Crippen molar-refractivity contribution in [1.82, 2.24) is 0 Å². The molecule has 0 atom stereocenters. The van der Waals surface area contributed by atoms with E-state index in [1.54, 1.807) is 0 Å². The highest BCUT2D eigenvalue weighted by Gasteiger charge is 2.52. The Hall–Kier alpha value is -7.74. The van der Waals surface area contributed by atoms with Crippen LogP contribution in [0.2, 0.25) is 0 Å². The molecule has 0 amide bonds. The summed E-state index contributed by atoms with van der Waals surface area (Å²) in [5.41, 5.74) is 19.0. The first kappa shape index (κ1) is 34.2. The molecule has 0 unspecified atom stereocenters. The molecule has 10 aromatic carbocycles. The third kappa shape index (κ3) is 4.55. The van der Waals surface area contributed by atoms with Gasteiger partial charge in [0.2, 0.25) is 0 Å². The molecule has 13 rings (SSSR count). The largest absolute Gasteiger partial charge is 0.456 e. The van der Waals surface area contributed by atoms with Crippen LogP contribution in [0.3, 0.4) is 0 Å². The van der Waals surface area contributed by atoms with Gasteiger partial charge in [0, 0.05) is 16.5 Å². The second-order valence-corrected chi connectivity index (χ2v) is 16.7. The summed E-state index contributed by atoms with van der Waals surface area (Å²) >= 11 is 0. The summed E-state index contributed by atoms with van der Waals surface area (Å²) in [6, 6.07) is 85.2. The standard InChI is InChI=1S/C60H38O/c1-3-20-42(21-4-1)59(43-22-5-2-6-23-43)51-29-12-9-27-47(51)48-35-34-40(37-55(48)59)39-18-17-19-41(36-39)50-38-56-58(49-28-8-7-24-44(49)50)61-57-33-16-15-32-54(57)60(56)52-30-13-10-25-45(52)46-26-11-14-31-53(46)60/h1-38H. The van der Waals surface area contributed by atoms with Crippen molar-refractivity contribution >= 4 is 10.8 Å². The Morgan fingerprint density at radius 3 is 1.41 bits per heavy atom. The molecule has 10 aromatic rings. The zero-order valence-corrected chi connectivity index (χ0v) is 33.3. The molecule has 0 fully saturated rings. The van der Waals surface area contributed by atoms with Crippen LogP contribution in [0.25, 0.3) is 55.3 Å². The highest BCUT2D eigenvalue weighted by molar-refractivity contribution is 6.04. The molecule has 0 aromatic heterocycles. The number of benzene rings is 10. The zero-order valence-electron chi connectivity index (χ0n) is 33.3. The highest BCUT2D eigenvalue weighted by Crippen LogP contribution is 2.64. The molecule has 1 nitrogen and oxygen atoms in total. The topological polar surface area (TPSA) is 9.23 Å². The van der Waals surface area contributed by atoms with E-state index in [-0.39, 0.29) is 0 Å². The average molecular weight is 775 g/mol. The highest BCUT2D eigenvalue weighted by atomic mass is 16.5. The van der Waals surface area contributed by atoms with Crippen LogP contribution in [0, 0.1) is 0 Å². The van der Waals surface area contributed by atoms with Crippen LogP contribution in [0.15, 0.2) is 231 Å². The van der Waals surface area contributed by atoms with Crippen LogP contribution >= 0.6 is 0 Å². The molecule has 1 aliphatic heterocycles. The van der Waals surface area contributed by atoms with Gasteiger partial charge < -0.3 is 4.74 Å². The lowest BCUT2D eigenvalue weighted by molar-refractivity contribution is 0.442. The van der Waals surface area contributed by atoms with Crippen LogP contribution in [0.5, 0.6) is 11.5 Å². The van der Waals surface area contributed by atoms with Gasteiger partial charge in [0.05, 0.1) is 10.8 Å². The third-order valence-corrected chi connectivity index (χ3v) is 13.8. The molecule has 2 aliphatic carbocycles. The van der Waals surface area contributed by atoms with Gasteiger partial charge in [-0.15, -0.1) is 0 Å². The summed E-state index contributed by atoms with van der Waals surface area (Å²) in [6.45, 7) is 0. The van der Waals surface area contributed by atoms with Gasteiger partial charge in [-0.3, -0.25) is 0 Å². The van der Waals surface area contributed by atoms with Gasteiger partial charge in [0.25, 0.3) is 0 Å². The first-order valence-electron chi connectivity index (χ1n) is 21.3. The molecule has 1 heteroatoms. The summed E-state index contributed by atoms with van der Waals surface area (Å²) in [4.78, 5) is 0. The number of ether oxygens (including phenoxy) is 1. The average Bonchev–Trinajstić information content (AvgIpc) is 3.80. The maximum Gasteiger partial charge on any atom is 0.140 e. The SMILES string of the molecule is c1ccc(C2(c3ccccc3)c3ccccc3-c3ccc(-c4cccc(-c5cc6c(c7ccccc57)Oc5ccccc5C65c6ccccc6-c6ccccc65)c4)cc32)cc1. The molecule has 284 valence electrons. The predicted molar refractivity (Wildman–Crippen MR) is 250 cm³/mol. The Morgan fingerprint density at radius 1 is 0.262 bits per heavy atom. The first-order valence-corrected chi connectivity index (χ1v) is 21.3. The summed E-state index contributed by atoms with van der Waals surface area (Å²) in [5.74, 6) is 1.83. The van der Waals surface area contributed by atoms with Crippen molar-refractivity contribution in [3.63, 3.8) is 0 Å². The third-order valence-electron chi connectivity index (χ3n) is 13.8. The molecule has 1 spiro atoms. The van der Waals surface area contributed by atoms with Crippen LogP contribution in [-0.2, 0) is 10.8 Å². The van der Waals surface area contributed by atoms with Crippen molar-refractivity contribution in [2.45, 2.75) is 10.8 Å². The second kappa shape index (κ2) is 12.9. The smallest absolute Gasteiger partial charge is 0.140 e. The van der Waals surface area contributed by atoms with Crippen LogP contribution in [0.4, 0.5) is 0 Å². The van der Waals surface area contributed by atoms with Crippen molar-refractivity contribution in [1.29, 1.82) is 0 Å². The lowest BCUT2D eigenvalue weighted by Gasteiger charge is -2.40. The van der Waals surface area contributed by atoms with E-state index in [0.29, 0.717) is 0 Å². The van der Waals surface area contributed by atoms with E-state index in [4.69, 9.17) is 4.74 Å². The molecule has 0 N–H and O–H groups in total. The maximum atomic E-state index is 7.05. The lowest BCUT2D eigenvalue weighted by Crippen LogP contribution is -2.32. The Morgan fingerprint density at radius 2 is 0.754 bits per heavy atom. The summed E-state index contributed by atoms with van der Waals surface area (Å²) in [6.07, 6.45) is 0. The Bertz CT molecular complexity index is 3310. The fraction of sp³-hybridized carbons (Fsp3) is 0.0333. The van der Waals surface area contributed by atoms with E-state index in [1.807, 2.05) is 0 Å². The van der Waals surface area contributed by atoms with E-state index in [0.717, 1.165) is 16.9 Å². The number of hydrogen-bond acceptors (Lipinski definition) is 1. The molecular formula is C60H38O. The van der Waals surface area contributed by atoms with Crippen molar-refractivity contribution in [2.24, 2.45) is 0 Å². The van der Waals surface area contributed by atoms with E-state index in [9.17, 15) is 0 Å². The predicted octanol–water partition coefficient (Wildman–Crippen LogP) is 15.0. The number of para-hydroxylation sites is 1. The van der Waals surface area contributed by atoms with Gasteiger partial charge in [-0.05, 0) is 108 Å². The molecular weight excluding hydrogens is 737 g/mol. The van der Waals surface area contributed by atoms with Gasteiger partial charge in [-0.1, -0.05) is 206 Å². The van der Waals surface area contributed by atoms with Crippen molar-refractivity contribution in [3.8, 4) is 56.0 Å². The normalized spacial score (nSPS) is 14.3. The number of rotatable bonds is 4. The van der Waals surface area contributed by atoms with E-state index in [1.165, 1.54) is 94.4 Å². The summed E-state index contributed by atoms with van der Waals surface area (Å²) < 4.78 is 7.05. The Balaban J connectivity index is 1.04. The first-order chi connectivity index (χ1) is 30.3. The lowest BCUT2D eigenvalue weighted by atomic mass is 9.65. The number of hydrogen-bond donors (Lipinski definition) is 0. The molecule has 0 bridgehead atoms. The van der Waals surface area contributed by atoms with Gasteiger partial charge in [-0.25, -0.2) is 0 Å².